The lowest BCUT2D eigenvalue weighted by Gasteiger charge is -2.15. The smallest absolute Gasteiger partial charge is 0.162 e. The van der Waals surface area contributed by atoms with Crippen LogP contribution >= 0.6 is 0 Å². The van der Waals surface area contributed by atoms with Crippen molar-refractivity contribution >= 4 is 43.6 Å². The van der Waals surface area contributed by atoms with E-state index >= 15 is 0 Å². The van der Waals surface area contributed by atoms with Gasteiger partial charge in [-0.2, -0.15) is 0 Å². The maximum absolute atomic E-state index is 5.18. The van der Waals surface area contributed by atoms with E-state index in [1.54, 1.807) is 6.20 Å². The van der Waals surface area contributed by atoms with Gasteiger partial charge in [0.1, 0.15) is 0 Å². The van der Waals surface area contributed by atoms with Crippen molar-refractivity contribution in [3.63, 3.8) is 0 Å². The summed E-state index contributed by atoms with van der Waals surface area (Å²) in [6.07, 6.45) is 1.80. The Morgan fingerprint density at radius 2 is 0.960 bits per heavy atom. The first-order valence-corrected chi connectivity index (χ1v) is 16.8. The first kappa shape index (κ1) is 28.2. The molecule has 50 heavy (non-hydrogen) atoms. The molecule has 0 aliphatic heterocycles. The molecular weight excluding hydrogens is 611 g/mol. The van der Waals surface area contributed by atoms with Crippen LogP contribution in [0, 0.1) is 0 Å². The predicted molar refractivity (Wildman–Crippen MR) is 205 cm³/mol. The standard InChI is InChI=1S/C45H29N5/c1-2-14-30(15-3-1)38-29-39(37-20-12-13-27-46-37)48-45(47-38)35-19-7-11-24-43(35)50-42-23-10-6-18-34(42)36-28-31(25-26-44(36)50)49-40-21-8-4-16-32(40)33-17-5-9-22-41(33)49/h1-29H. The number of hydrogen-bond acceptors (Lipinski definition) is 3. The largest absolute Gasteiger partial charge is 0.309 e. The quantitative estimate of drug-likeness (QED) is 0.188. The molecule has 5 heteroatoms. The molecule has 0 fully saturated rings. The molecule has 0 bridgehead atoms. The molecule has 6 aromatic carbocycles. The van der Waals surface area contributed by atoms with Crippen LogP contribution in [0.15, 0.2) is 176 Å². The minimum Gasteiger partial charge on any atom is -0.309 e. The van der Waals surface area contributed by atoms with E-state index in [0.29, 0.717) is 5.82 Å². The van der Waals surface area contributed by atoms with E-state index in [-0.39, 0.29) is 0 Å². The molecule has 0 N–H and O–H groups in total. The molecule has 0 atom stereocenters. The third kappa shape index (κ3) is 4.45. The highest BCUT2D eigenvalue weighted by molar-refractivity contribution is 6.12. The van der Waals surface area contributed by atoms with Crippen molar-refractivity contribution in [2.24, 2.45) is 0 Å². The average Bonchev–Trinajstić information content (AvgIpc) is 3.71. The predicted octanol–water partition coefficient (Wildman–Crippen LogP) is 11.1. The van der Waals surface area contributed by atoms with Gasteiger partial charge in [-0.3, -0.25) is 4.98 Å². The van der Waals surface area contributed by atoms with Gasteiger partial charge in [0.05, 0.1) is 44.8 Å². The molecule has 0 saturated heterocycles. The summed E-state index contributed by atoms with van der Waals surface area (Å²) in [5, 5.41) is 4.88. The summed E-state index contributed by atoms with van der Waals surface area (Å²) in [7, 11) is 0. The molecule has 0 unspecified atom stereocenters. The van der Waals surface area contributed by atoms with Crippen molar-refractivity contribution in [1.29, 1.82) is 0 Å². The van der Waals surface area contributed by atoms with Crippen LogP contribution in [0.1, 0.15) is 0 Å². The molecular formula is C45H29N5. The van der Waals surface area contributed by atoms with Gasteiger partial charge in [-0.25, -0.2) is 9.97 Å². The first-order valence-electron chi connectivity index (χ1n) is 16.8. The van der Waals surface area contributed by atoms with E-state index in [1.165, 1.54) is 32.6 Å². The molecule has 0 spiro atoms. The van der Waals surface area contributed by atoms with Crippen LogP contribution in [0.4, 0.5) is 0 Å². The summed E-state index contributed by atoms with van der Waals surface area (Å²) >= 11 is 0. The lowest BCUT2D eigenvalue weighted by atomic mass is 10.1. The van der Waals surface area contributed by atoms with Gasteiger partial charge < -0.3 is 9.13 Å². The minimum absolute atomic E-state index is 0.649. The van der Waals surface area contributed by atoms with Gasteiger partial charge >= 0.3 is 0 Å². The summed E-state index contributed by atoms with van der Waals surface area (Å²) in [5.41, 5.74) is 11.2. The van der Waals surface area contributed by atoms with Gasteiger partial charge in [0.15, 0.2) is 5.82 Å². The molecule has 5 nitrogen and oxygen atoms in total. The van der Waals surface area contributed by atoms with Crippen molar-refractivity contribution in [2.75, 3.05) is 0 Å². The fourth-order valence-electron chi connectivity index (χ4n) is 7.39. The second-order valence-electron chi connectivity index (χ2n) is 12.5. The van der Waals surface area contributed by atoms with Gasteiger partial charge in [-0.05, 0) is 66.7 Å². The Hall–Kier alpha value is -6.85. The van der Waals surface area contributed by atoms with E-state index in [2.05, 4.69) is 142 Å². The number of nitrogens with zero attached hydrogens (tertiary/aromatic N) is 5. The SMILES string of the molecule is c1ccc(-c2cc(-c3ccccn3)nc(-c3ccccc3-n3c4ccccc4c4cc(-n5c6ccccc6c6ccccc65)ccc43)n2)cc1. The number of aromatic nitrogens is 5. The Kier molecular flexibility index (Phi) is 6.42. The van der Waals surface area contributed by atoms with Crippen LogP contribution in [0.2, 0.25) is 0 Å². The highest BCUT2D eigenvalue weighted by Crippen LogP contribution is 2.39. The number of pyridine rings is 1. The van der Waals surface area contributed by atoms with Crippen LogP contribution < -0.4 is 0 Å². The van der Waals surface area contributed by atoms with Crippen molar-refractivity contribution in [1.82, 2.24) is 24.1 Å². The fraction of sp³-hybridized carbons (Fsp3) is 0. The second-order valence-corrected chi connectivity index (χ2v) is 12.5. The van der Waals surface area contributed by atoms with Crippen LogP contribution in [0.3, 0.4) is 0 Å². The Morgan fingerprint density at radius 3 is 1.68 bits per heavy atom. The Balaban J connectivity index is 1.21. The van der Waals surface area contributed by atoms with Crippen LogP contribution in [-0.4, -0.2) is 24.1 Å². The first-order chi connectivity index (χ1) is 24.8. The number of benzene rings is 6. The van der Waals surface area contributed by atoms with E-state index in [9.17, 15) is 0 Å². The molecule has 4 heterocycles. The monoisotopic (exact) mass is 639 g/mol. The highest BCUT2D eigenvalue weighted by Gasteiger charge is 2.20. The summed E-state index contributed by atoms with van der Waals surface area (Å²) in [6.45, 7) is 0. The molecule has 234 valence electrons. The molecule has 0 saturated carbocycles. The van der Waals surface area contributed by atoms with Gasteiger partial charge in [-0.1, -0.05) is 103 Å². The number of fused-ring (bicyclic) bond motifs is 6. The molecule has 4 aromatic heterocycles. The van der Waals surface area contributed by atoms with Crippen LogP contribution in [0.5, 0.6) is 0 Å². The topological polar surface area (TPSA) is 48.5 Å². The Morgan fingerprint density at radius 1 is 0.380 bits per heavy atom. The molecule has 0 amide bonds. The van der Waals surface area contributed by atoms with Gasteiger partial charge in [-0.15, -0.1) is 0 Å². The minimum atomic E-state index is 0.649. The van der Waals surface area contributed by atoms with Crippen LogP contribution in [-0.2, 0) is 0 Å². The molecule has 0 aliphatic carbocycles. The van der Waals surface area contributed by atoms with Crippen LogP contribution in [0.25, 0.3) is 89.0 Å². The third-order valence-electron chi connectivity index (χ3n) is 9.60. The zero-order chi connectivity index (χ0) is 33.0. The average molecular weight is 640 g/mol. The Labute approximate surface area is 288 Å². The number of hydrogen-bond donors (Lipinski definition) is 0. The molecule has 0 aliphatic rings. The summed E-state index contributed by atoms with van der Waals surface area (Å²) in [4.78, 5) is 15.0. The third-order valence-corrected chi connectivity index (χ3v) is 9.60. The lowest BCUT2D eigenvalue weighted by molar-refractivity contribution is 1.13. The summed E-state index contributed by atoms with van der Waals surface area (Å²) < 4.78 is 4.74. The van der Waals surface area contributed by atoms with Crippen molar-refractivity contribution in [3.8, 4) is 45.4 Å². The molecule has 10 rings (SSSR count). The fourth-order valence-corrected chi connectivity index (χ4v) is 7.39. The van der Waals surface area contributed by atoms with Gasteiger partial charge in [0.25, 0.3) is 0 Å². The normalized spacial score (nSPS) is 11.6. The molecule has 0 radical (unpaired) electrons. The lowest BCUT2D eigenvalue weighted by Crippen LogP contribution is -2.02. The zero-order valence-electron chi connectivity index (χ0n) is 27.0. The van der Waals surface area contributed by atoms with E-state index < -0.39 is 0 Å². The van der Waals surface area contributed by atoms with E-state index in [0.717, 1.165) is 50.6 Å². The van der Waals surface area contributed by atoms with Crippen molar-refractivity contribution < 1.29 is 0 Å². The van der Waals surface area contributed by atoms with Crippen molar-refractivity contribution in [3.05, 3.63) is 176 Å². The summed E-state index contributed by atoms with van der Waals surface area (Å²) in [6, 6.07) is 59.5. The van der Waals surface area contributed by atoms with Gasteiger partial charge in [0.2, 0.25) is 0 Å². The molecule has 10 aromatic rings. The summed E-state index contributed by atoms with van der Waals surface area (Å²) in [5.74, 6) is 0.649. The van der Waals surface area contributed by atoms with Crippen molar-refractivity contribution in [2.45, 2.75) is 0 Å². The van der Waals surface area contributed by atoms with Gasteiger partial charge in [0, 0.05) is 44.6 Å². The number of para-hydroxylation sites is 4. The highest BCUT2D eigenvalue weighted by atomic mass is 15.0. The zero-order valence-corrected chi connectivity index (χ0v) is 27.0. The van der Waals surface area contributed by atoms with E-state index in [4.69, 9.17) is 9.97 Å². The maximum Gasteiger partial charge on any atom is 0.162 e. The second kappa shape index (κ2) is 11.4. The number of rotatable bonds is 5. The maximum atomic E-state index is 5.18. The van der Waals surface area contributed by atoms with E-state index in [1.807, 2.05) is 42.5 Å². The Bertz CT molecular complexity index is 2760.